The molecule has 0 spiro atoms. The normalized spacial score (nSPS) is 15.1. The summed E-state index contributed by atoms with van der Waals surface area (Å²) in [6.45, 7) is 5.65. The van der Waals surface area contributed by atoms with E-state index >= 15 is 0 Å². The molecule has 1 amide bonds. The molecule has 158 valence electrons. The predicted molar refractivity (Wildman–Crippen MR) is 119 cm³/mol. The Morgan fingerprint density at radius 2 is 1.81 bits per heavy atom. The van der Waals surface area contributed by atoms with E-state index in [2.05, 4.69) is 27.2 Å². The maximum absolute atomic E-state index is 11.5. The highest BCUT2D eigenvalue weighted by molar-refractivity contribution is 14.0. The minimum absolute atomic E-state index is 0. The standard InChI is InChI=1S/C19H36N4O3.HI/c1-4-21-19(22-12-8-6-5-7-9-18(25)26-3)23-13-10-16(11-14-23)15-17(24)20-2;/h16H,4-15H2,1-3H3,(H,20,24)(H,21,22);1H. The highest BCUT2D eigenvalue weighted by Gasteiger charge is 2.22. The third kappa shape index (κ3) is 11.4. The van der Waals surface area contributed by atoms with Gasteiger partial charge in [-0.15, -0.1) is 24.0 Å². The van der Waals surface area contributed by atoms with Gasteiger partial charge in [0.05, 0.1) is 7.11 Å². The van der Waals surface area contributed by atoms with Crippen LogP contribution in [0.25, 0.3) is 0 Å². The second-order valence-electron chi connectivity index (χ2n) is 6.78. The van der Waals surface area contributed by atoms with Crippen LogP contribution in [0, 0.1) is 5.92 Å². The summed E-state index contributed by atoms with van der Waals surface area (Å²) in [7, 11) is 3.13. The summed E-state index contributed by atoms with van der Waals surface area (Å²) in [5.74, 6) is 1.47. The van der Waals surface area contributed by atoms with Crippen LogP contribution in [0.5, 0.6) is 0 Å². The number of esters is 1. The van der Waals surface area contributed by atoms with Gasteiger partial charge in [0, 0.05) is 46.1 Å². The lowest BCUT2D eigenvalue weighted by Gasteiger charge is -2.34. The van der Waals surface area contributed by atoms with E-state index in [0.29, 0.717) is 18.8 Å². The molecular formula is C19H37IN4O3. The van der Waals surface area contributed by atoms with Crippen LogP contribution in [-0.2, 0) is 14.3 Å². The molecular weight excluding hydrogens is 459 g/mol. The summed E-state index contributed by atoms with van der Waals surface area (Å²) in [5, 5.41) is 6.09. The number of likely N-dealkylation sites (tertiary alicyclic amines) is 1. The van der Waals surface area contributed by atoms with Crippen LogP contribution < -0.4 is 10.6 Å². The number of piperidine rings is 1. The van der Waals surface area contributed by atoms with Gasteiger partial charge in [-0.05, 0) is 38.5 Å². The molecule has 1 rings (SSSR count). The Labute approximate surface area is 181 Å². The molecule has 0 aromatic heterocycles. The van der Waals surface area contributed by atoms with Crippen LogP contribution in [0.3, 0.4) is 0 Å². The van der Waals surface area contributed by atoms with Crippen molar-refractivity contribution in [1.29, 1.82) is 0 Å². The molecule has 8 heteroatoms. The van der Waals surface area contributed by atoms with Gasteiger partial charge in [-0.1, -0.05) is 12.8 Å². The van der Waals surface area contributed by atoms with Gasteiger partial charge >= 0.3 is 5.97 Å². The molecule has 1 saturated heterocycles. The number of nitrogens with zero attached hydrogens (tertiary/aromatic N) is 2. The molecule has 0 bridgehead atoms. The van der Waals surface area contributed by atoms with Gasteiger partial charge in [-0.25, -0.2) is 0 Å². The van der Waals surface area contributed by atoms with Crippen molar-refractivity contribution in [2.75, 3.05) is 40.3 Å². The van der Waals surface area contributed by atoms with E-state index in [9.17, 15) is 9.59 Å². The summed E-state index contributed by atoms with van der Waals surface area (Å²) in [5.41, 5.74) is 0. The average molecular weight is 496 g/mol. The smallest absolute Gasteiger partial charge is 0.305 e. The van der Waals surface area contributed by atoms with E-state index in [4.69, 9.17) is 4.99 Å². The van der Waals surface area contributed by atoms with Crippen molar-refractivity contribution in [2.45, 2.75) is 58.3 Å². The minimum Gasteiger partial charge on any atom is -0.469 e. The van der Waals surface area contributed by atoms with Gasteiger partial charge in [0.15, 0.2) is 5.96 Å². The Balaban J connectivity index is 0.00000676. The zero-order valence-corrected chi connectivity index (χ0v) is 19.4. The first-order chi connectivity index (χ1) is 12.6. The van der Waals surface area contributed by atoms with Crippen LogP contribution in [0.4, 0.5) is 0 Å². The topological polar surface area (TPSA) is 83.0 Å². The van der Waals surface area contributed by atoms with Crippen molar-refractivity contribution in [3.05, 3.63) is 0 Å². The summed E-state index contributed by atoms with van der Waals surface area (Å²) in [6.07, 6.45) is 7.23. The maximum atomic E-state index is 11.5. The zero-order chi connectivity index (χ0) is 19.2. The molecule has 0 aromatic rings. The third-order valence-electron chi connectivity index (χ3n) is 4.78. The summed E-state index contributed by atoms with van der Waals surface area (Å²) < 4.78 is 4.64. The lowest BCUT2D eigenvalue weighted by atomic mass is 9.93. The SMILES string of the molecule is CCNC(=NCCCCCCC(=O)OC)N1CCC(CC(=O)NC)CC1.I. The Hall–Kier alpha value is -1.06. The molecule has 1 fully saturated rings. The molecule has 1 aliphatic rings. The number of halogens is 1. The number of unbranched alkanes of at least 4 members (excludes halogenated alkanes) is 3. The van der Waals surface area contributed by atoms with Crippen LogP contribution in [0.2, 0.25) is 0 Å². The first kappa shape index (κ1) is 25.9. The summed E-state index contributed by atoms with van der Waals surface area (Å²) in [6, 6.07) is 0. The van der Waals surface area contributed by atoms with E-state index in [1.54, 1.807) is 7.05 Å². The summed E-state index contributed by atoms with van der Waals surface area (Å²) >= 11 is 0. The monoisotopic (exact) mass is 496 g/mol. The van der Waals surface area contributed by atoms with Crippen molar-refractivity contribution >= 4 is 41.8 Å². The van der Waals surface area contributed by atoms with Crippen LogP contribution in [-0.4, -0.2) is 63.1 Å². The number of carbonyl (C=O) groups is 2. The van der Waals surface area contributed by atoms with E-state index in [1.807, 2.05) is 0 Å². The number of aliphatic imine (C=N–C) groups is 1. The molecule has 0 aliphatic carbocycles. The predicted octanol–water partition coefficient (Wildman–Crippen LogP) is 2.54. The van der Waals surface area contributed by atoms with Gasteiger partial charge in [-0.3, -0.25) is 14.6 Å². The lowest BCUT2D eigenvalue weighted by Crippen LogP contribution is -2.46. The molecule has 7 nitrogen and oxygen atoms in total. The van der Waals surface area contributed by atoms with E-state index < -0.39 is 0 Å². The van der Waals surface area contributed by atoms with Gasteiger partial charge in [0.25, 0.3) is 0 Å². The first-order valence-electron chi connectivity index (χ1n) is 9.91. The number of rotatable bonds is 10. The molecule has 1 heterocycles. The largest absolute Gasteiger partial charge is 0.469 e. The fraction of sp³-hybridized carbons (Fsp3) is 0.842. The highest BCUT2D eigenvalue weighted by Crippen LogP contribution is 2.20. The Morgan fingerprint density at radius 1 is 1.15 bits per heavy atom. The fourth-order valence-electron chi connectivity index (χ4n) is 3.16. The number of ether oxygens (including phenoxy) is 1. The number of nitrogens with one attached hydrogen (secondary N) is 2. The lowest BCUT2D eigenvalue weighted by molar-refractivity contribution is -0.140. The minimum atomic E-state index is -0.128. The van der Waals surface area contributed by atoms with Gasteiger partial charge in [-0.2, -0.15) is 0 Å². The van der Waals surface area contributed by atoms with Gasteiger partial charge in [0.1, 0.15) is 0 Å². The second-order valence-corrected chi connectivity index (χ2v) is 6.78. The molecule has 2 N–H and O–H groups in total. The van der Waals surface area contributed by atoms with Crippen molar-refractivity contribution in [3.63, 3.8) is 0 Å². The Kier molecular flexibility index (Phi) is 15.3. The van der Waals surface area contributed by atoms with E-state index in [1.165, 1.54) is 7.11 Å². The quantitative estimate of drug-likeness (QED) is 0.160. The second kappa shape index (κ2) is 15.9. The molecule has 27 heavy (non-hydrogen) atoms. The average Bonchev–Trinajstić information content (AvgIpc) is 2.66. The first-order valence-corrected chi connectivity index (χ1v) is 9.91. The van der Waals surface area contributed by atoms with Gasteiger partial charge in [0.2, 0.25) is 5.91 Å². The van der Waals surface area contributed by atoms with Crippen molar-refractivity contribution in [1.82, 2.24) is 15.5 Å². The number of hydrogen-bond acceptors (Lipinski definition) is 4. The number of methoxy groups -OCH3 is 1. The van der Waals surface area contributed by atoms with Crippen LogP contribution in [0.15, 0.2) is 4.99 Å². The van der Waals surface area contributed by atoms with Crippen molar-refractivity contribution in [3.8, 4) is 0 Å². The Bertz CT molecular complexity index is 452. The molecule has 0 radical (unpaired) electrons. The van der Waals surface area contributed by atoms with Crippen molar-refractivity contribution in [2.24, 2.45) is 10.9 Å². The van der Waals surface area contributed by atoms with Crippen molar-refractivity contribution < 1.29 is 14.3 Å². The van der Waals surface area contributed by atoms with Crippen LogP contribution in [0.1, 0.15) is 58.3 Å². The number of guanidine groups is 1. The highest BCUT2D eigenvalue weighted by atomic mass is 127. The number of carbonyl (C=O) groups excluding carboxylic acids is 2. The zero-order valence-electron chi connectivity index (χ0n) is 17.1. The number of hydrogen-bond donors (Lipinski definition) is 2. The van der Waals surface area contributed by atoms with E-state index in [0.717, 1.165) is 70.7 Å². The van der Waals surface area contributed by atoms with E-state index in [-0.39, 0.29) is 35.9 Å². The molecule has 0 aromatic carbocycles. The molecule has 1 aliphatic heterocycles. The van der Waals surface area contributed by atoms with Gasteiger partial charge < -0.3 is 20.3 Å². The maximum Gasteiger partial charge on any atom is 0.305 e. The molecule has 0 unspecified atom stereocenters. The Morgan fingerprint density at radius 3 is 2.41 bits per heavy atom. The van der Waals surface area contributed by atoms with Crippen LogP contribution >= 0.6 is 24.0 Å². The number of amides is 1. The summed E-state index contributed by atoms with van der Waals surface area (Å²) in [4.78, 5) is 29.6. The molecule has 0 atom stereocenters. The third-order valence-corrected chi connectivity index (χ3v) is 4.78. The molecule has 0 saturated carbocycles. The fourth-order valence-corrected chi connectivity index (χ4v) is 3.16.